The third kappa shape index (κ3) is 5.09. The number of anilines is 1. The van der Waals surface area contributed by atoms with Crippen LogP contribution in [0.2, 0.25) is 5.02 Å². The summed E-state index contributed by atoms with van der Waals surface area (Å²) in [6, 6.07) is 7.51. The van der Waals surface area contributed by atoms with Crippen LogP contribution in [0.4, 0.5) is 5.82 Å². The Balaban J connectivity index is 1.60. The molecule has 10 heteroatoms. The molecule has 38 heavy (non-hydrogen) atoms. The number of likely N-dealkylation sites (N-methyl/N-ethyl adjacent to an activating group) is 1. The fraction of sp³-hybridized carbons (Fsp3) is 0.357. The van der Waals surface area contributed by atoms with Gasteiger partial charge in [-0.05, 0) is 64.1 Å². The van der Waals surface area contributed by atoms with Crippen LogP contribution in [0.25, 0.3) is 22.6 Å². The molecule has 1 atom stereocenters. The van der Waals surface area contributed by atoms with Gasteiger partial charge in [-0.2, -0.15) is 0 Å². The number of ether oxygens (including phenoxy) is 1. The number of nitrogens with zero attached hydrogens (tertiary/aromatic N) is 5. The summed E-state index contributed by atoms with van der Waals surface area (Å²) in [5.74, 6) is 2.52. The van der Waals surface area contributed by atoms with Gasteiger partial charge in [0.2, 0.25) is 0 Å². The SMILES string of the molecule is CNC[C@@H](O)COc1ccc(Cl)c(-c2nc(-c3c(C)noc3C)c(C)c(N3Cc4cc(C)cnc4C3)n2)c1. The van der Waals surface area contributed by atoms with Crippen molar-refractivity contribution in [1.29, 1.82) is 0 Å². The molecule has 0 radical (unpaired) electrons. The summed E-state index contributed by atoms with van der Waals surface area (Å²) in [5.41, 5.74) is 7.26. The zero-order valence-corrected chi connectivity index (χ0v) is 22.9. The highest BCUT2D eigenvalue weighted by Gasteiger charge is 2.27. The second-order valence-electron chi connectivity index (χ2n) is 9.68. The maximum atomic E-state index is 10.1. The molecule has 4 heterocycles. The molecule has 3 aromatic heterocycles. The van der Waals surface area contributed by atoms with Crippen LogP contribution >= 0.6 is 11.6 Å². The number of fused-ring (bicyclic) bond motifs is 1. The van der Waals surface area contributed by atoms with Gasteiger partial charge < -0.3 is 24.6 Å². The number of rotatable bonds is 8. The summed E-state index contributed by atoms with van der Waals surface area (Å²) < 4.78 is 11.3. The normalized spacial score (nSPS) is 13.6. The molecule has 0 spiro atoms. The molecule has 1 aliphatic heterocycles. The molecule has 0 aliphatic carbocycles. The van der Waals surface area contributed by atoms with Crippen molar-refractivity contribution >= 4 is 17.4 Å². The van der Waals surface area contributed by atoms with Gasteiger partial charge in [-0.25, -0.2) is 9.97 Å². The Bertz CT molecular complexity index is 1470. The van der Waals surface area contributed by atoms with Gasteiger partial charge in [0, 0.05) is 30.4 Å². The van der Waals surface area contributed by atoms with Crippen molar-refractivity contribution in [2.45, 2.75) is 46.9 Å². The summed E-state index contributed by atoms with van der Waals surface area (Å²) in [6.07, 6.45) is 1.26. The molecule has 1 aliphatic rings. The van der Waals surface area contributed by atoms with E-state index in [0.29, 0.717) is 47.6 Å². The standard InChI is InChI=1S/C28H31ClN6O3/c1-15-8-19-12-35(13-24(19)31-10-15)28-16(2)26(25-17(3)34-38-18(25)4)32-27(33-28)22-9-21(6-7-23(22)29)37-14-20(36)11-30-5/h6-10,20,30,36H,11-14H2,1-5H3/t20-/m1/s1. The lowest BCUT2D eigenvalue weighted by Gasteiger charge is -2.22. The van der Waals surface area contributed by atoms with Crippen molar-refractivity contribution in [3.05, 3.63) is 69.3 Å². The van der Waals surface area contributed by atoms with E-state index >= 15 is 0 Å². The van der Waals surface area contributed by atoms with E-state index in [-0.39, 0.29) is 6.61 Å². The van der Waals surface area contributed by atoms with Crippen LogP contribution in [0.5, 0.6) is 5.75 Å². The molecule has 5 rings (SSSR count). The van der Waals surface area contributed by atoms with Crippen molar-refractivity contribution in [2.24, 2.45) is 0 Å². The van der Waals surface area contributed by atoms with Gasteiger partial charge in [-0.15, -0.1) is 0 Å². The van der Waals surface area contributed by atoms with Crippen molar-refractivity contribution in [2.75, 3.05) is 25.1 Å². The van der Waals surface area contributed by atoms with Crippen LogP contribution in [-0.2, 0) is 13.1 Å². The zero-order valence-electron chi connectivity index (χ0n) is 22.2. The van der Waals surface area contributed by atoms with E-state index in [1.807, 2.05) is 40.0 Å². The molecule has 0 unspecified atom stereocenters. The minimum absolute atomic E-state index is 0.144. The molecule has 9 nitrogen and oxygen atoms in total. The maximum absolute atomic E-state index is 10.1. The predicted molar refractivity (Wildman–Crippen MR) is 146 cm³/mol. The fourth-order valence-electron chi connectivity index (χ4n) is 4.78. The molecule has 0 saturated heterocycles. The number of aliphatic hydroxyl groups is 1. The minimum atomic E-state index is -0.637. The van der Waals surface area contributed by atoms with Gasteiger partial charge in [0.1, 0.15) is 30.0 Å². The van der Waals surface area contributed by atoms with E-state index in [9.17, 15) is 5.11 Å². The molecule has 1 aromatic carbocycles. The summed E-state index contributed by atoms with van der Waals surface area (Å²) in [5, 5.41) is 17.6. The van der Waals surface area contributed by atoms with E-state index in [1.165, 1.54) is 5.56 Å². The highest BCUT2D eigenvalue weighted by molar-refractivity contribution is 6.33. The molecule has 2 N–H and O–H groups in total. The van der Waals surface area contributed by atoms with Gasteiger partial charge in [0.25, 0.3) is 0 Å². The van der Waals surface area contributed by atoms with Gasteiger partial charge in [-0.1, -0.05) is 22.8 Å². The number of aryl methyl sites for hydroxylation is 3. The Kier molecular flexibility index (Phi) is 7.34. The van der Waals surface area contributed by atoms with E-state index in [1.54, 1.807) is 19.2 Å². The number of aliphatic hydroxyl groups excluding tert-OH is 1. The second-order valence-corrected chi connectivity index (χ2v) is 10.1. The Morgan fingerprint density at radius 3 is 2.71 bits per heavy atom. The third-order valence-electron chi connectivity index (χ3n) is 6.65. The molecule has 0 bridgehead atoms. The highest BCUT2D eigenvalue weighted by Crippen LogP contribution is 2.38. The number of benzene rings is 1. The first kappa shape index (κ1) is 26.1. The first-order valence-corrected chi connectivity index (χ1v) is 12.9. The number of pyridine rings is 1. The van der Waals surface area contributed by atoms with Crippen LogP contribution in [0.1, 0.15) is 33.8 Å². The van der Waals surface area contributed by atoms with Crippen molar-refractivity contribution in [3.63, 3.8) is 0 Å². The van der Waals surface area contributed by atoms with E-state index in [2.05, 4.69) is 26.4 Å². The van der Waals surface area contributed by atoms with Crippen LogP contribution in [0, 0.1) is 27.7 Å². The monoisotopic (exact) mass is 534 g/mol. The highest BCUT2D eigenvalue weighted by atomic mass is 35.5. The van der Waals surface area contributed by atoms with Crippen LogP contribution < -0.4 is 15.0 Å². The predicted octanol–water partition coefficient (Wildman–Crippen LogP) is 4.56. The molecular formula is C28H31ClN6O3. The third-order valence-corrected chi connectivity index (χ3v) is 6.98. The summed E-state index contributed by atoms with van der Waals surface area (Å²) in [6.45, 7) is 9.77. The number of hydrogen-bond donors (Lipinski definition) is 2. The van der Waals surface area contributed by atoms with E-state index in [4.69, 9.17) is 30.8 Å². The summed E-state index contributed by atoms with van der Waals surface area (Å²) >= 11 is 6.68. The Morgan fingerprint density at radius 2 is 1.97 bits per heavy atom. The first-order valence-electron chi connectivity index (χ1n) is 12.5. The Morgan fingerprint density at radius 1 is 1.16 bits per heavy atom. The molecule has 0 amide bonds. The second kappa shape index (κ2) is 10.7. The van der Waals surface area contributed by atoms with Crippen LogP contribution in [-0.4, -0.2) is 51.5 Å². The van der Waals surface area contributed by atoms with Gasteiger partial charge in [0.15, 0.2) is 5.82 Å². The molecule has 0 saturated carbocycles. The largest absolute Gasteiger partial charge is 0.491 e. The lowest BCUT2D eigenvalue weighted by molar-refractivity contribution is 0.108. The quantitative estimate of drug-likeness (QED) is 0.336. The summed E-state index contributed by atoms with van der Waals surface area (Å²) in [7, 11) is 1.78. The molecule has 198 valence electrons. The number of nitrogens with one attached hydrogen (secondary N) is 1. The average Bonchev–Trinajstić information content (AvgIpc) is 3.46. The fourth-order valence-corrected chi connectivity index (χ4v) is 4.98. The van der Waals surface area contributed by atoms with Crippen molar-refractivity contribution in [3.8, 4) is 28.4 Å². The molecule has 0 fully saturated rings. The van der Waals surface area contributed by atoms with Crippen LogP contribution in [0.15, 0.2) is 35.0 Å². The van der Waals surface area contributed by atoms with Crippen molar-refractivity contribution in [1.82, 2.24) is 25.4 Å². The number of aromatic nitrogens is 4. The van der Waals surface area contributed by atoms with E-state index < -0.39 is 6.10 Å². The average molecular weight is 535 g/mol. The van der Waals surface area contributed by atoms with E-state index in [0.717, 1.165) is 39.6 Å². The van der Waals surface area contributed by atoms with Gasteiger partial charge in [-0.3, -0.25) is 4.98 Å². The molecule has 4 aromatic rings. The zero-order chi connectivity index (χ0) is 27.0. The van der Waals surface area contributed by atoms with Crippen molar-refractivity contribution < 1.29 is 14.4 Å². The Labute approximate surface area is 226 Å². The molecular weight excluding hydrogens is 504 g/mol. The van der Waals surface area contributed by atoms with Gasteiger partial charge in [0.05, 0.1) is 34.2 Å². The van der Waals surface area contributed by atoms with Crippen LogP contribution in [0.3, 0.4) is 0 Å². The maximum Gasteiger partial charge on any atom is 0.163 e. The topological polar surface area (TPSA) is 109 Å². The summed E-state index contributed by atoms with van der Waals surface area (Å²) in [4.78, 5) is 16.9. The lowest BCUT2D eigenvalue weighted by atomic mass is 10.0. The Hall–Kier alpha value is -3.53. The number of halogens is 1. The smallest absolute Gasteiger partial charge is 0.163 e. The lowest BCUT2D eigenvalue weighted by Crippen LogP contribution is -2.29. The van der Waals surface area contributed by atoms with Gasteiger partial charge >= 0.3 is 0 Å². The minimum Gasteiger partial charge on any atom is -0.491 e. The number of hydrogen-bond acceptors (Lipinski definition) is 9. The first-order chi connectivity index (χ1) is 18.2.